The lowest BCUT2D eigenvalue weighted by Gasteiger charge is -2.08. The lowest BCUT2D eigenvalue weighted by atomic mass is 10.1. The van der Waals surface area contributed by atoms with Crippen molar-refractivity contribution in [3.8, 4) is 0 Å². The molecule has 0 saturated carbocycles. The molecule has 1 aromatic heterocycles. The minimum atomic E-state index is -0.226. The van der Waals surface area contributed by atoms with Crippen molar-refractivity contribution in [3.63, 3.8) is 0 Å². The highest BCUT2D eigenvalue weighted by molar-refractivity contribution is 9.10. The summed E-state index contributed by atoms with van der Waals surface area (Å²) in [6.07, 6.45) is 1.74. The van der Waals surface area contributed by atoms with Gasteiger partial charge in [0.05, 0.1) is 5.02 Å². The van der Waals surface area contributed by atoms with E-state index >= 15 is 0 Å². The summed E-state index contributed by atoms with van der Waals surface area (Å²) < 4.78 is 0.725. The third-order valence-electron chi connectivity index (χ3n) is 2.84. The van der Waals surface area contributed by atoms with Gasteiger partial charge < -0.3 is 11.1 Å². The van der Waals surface area contributed by atoms with Crippen molar-refractivity contribution < 1.29 is 4.79 Å². The predicted molar refractivity (Wildman–Crippen MR) is 89.7 cm³/mol. The number of halogens is 2. The molecule has 0 saturated heterocycles. The monoisotopic (exact) mass is 367 g/mol. The number of benzene rings is 1. The number of anilines is 2. The van der Waals surface area contributed by atoms with Crippen molar-refractivity contribution in [1.82, 2.24) is 4.98 Å². The van der Waals surface area contributed by atoms with Gasteiger partial charge in [-0.1, -0.05) is 24.9 Å². The Morgan fingerprint density at radius 2 is 2.14 bits per heavy atom. The third kappa shape index (κ3) is 4.19. The fraction of sp³-hybridized carbons (Fsp3) is 0.200. The Kier molecular flexibility index (Phi) is 5.20. The summed E-state index contributed by atoms with van der Waals surface area (Å²) in [6, 6.07) is 8.53. The summed E-state index contributed by atoms with van der Waals surface area (Å²) >= 11 is 9.25. The Hall–Kier alpha value is -1.59. The minimum absolute atomic E-state index is 0.226. The number of nitrogen functional groups attached to an aromatic ring is 1. The molecule has 3 N–H and O–H groups in total. The average molecular weight is 369 g/mol. The molecule has 0 radical (unpaired) electrons. The molecule has 1 heterocycles. The van der Waals surface area contributed by atoms with Gasteiger partial charge in [-0.05, 0) is 52.7 Å². The molecule has 21 heavy (non-hydrogen) atoms. The molecule has 6 heteroatoms. The van der Waals surface area contributed by atoms with E-state index < -0.39 is 0 Å². The second kappa shape index (κ2) is 6.91. The van der Waals surface area contributed by atoms with Crippen molar-refractivity contribution in [2.75, 3.05) is 11.1 Å². The number of hydrogen-bond donors (Lipinski definition) is 2. The van der Waals surface area contributed by atoms with Gasteiger partial charge in [0.25, 0.3) is 5.91 Å². The number of nitrogens with one attached hydrogen (secondary N) is 1. The number of aromatic nitrogens is 1. The number of nitrogens with two attached hydrogens (primary N) is 1. The molecule has 0 unspecified atom stereocenters. The molecule has 0 fully saturated rings. The highest BCUT2D eigenvalue weighted by Crippen LogP contribution is 2.26. The molecule has 2 rings (SSSR count). The summed E-state index contributed by atoms with van der Waals surface area (Å²) in [6.45, 7) is 2.05. The van der Waals surface area contributed by atoms with Crippen LogP contribution in [0.1, 0.15) is 29.4 Å². The number of carbonyl (C=O) groups excluding carboxylic acids is 1. The Morgan fingerprint density at radius 1 is 1.38 bits per heavy atom. The standard InChI is InChI=1S/C15H15BrClN3O/c1-2-3-10-6-9(7-14(18)19-10)15(21)20-11-4-5-13(17)12(16)8-11/h4-8H,2-3H2,1H3,(H2,18,19)(H,20,21). The van der Waals surface area contributed by atoms with Crippen LogP contribution in [-0.2, 0) is 6.42 Å². The largest absolute Gasteiger partial charge is 0.384 e. The molecule has 2 aromatic rings. The smallest absolute Gasteiger partial charge is 0.255 e. The van der Waals surface area contributed by atoms with Crippen LogP contribution in [-0.4, -0.2) is 10.9 Å². The second-order valence-electron chi connectivity index (χ2n) is 4.61. The zero-order chi connectivity index (χ0) is 15.4. The first-order chi connectivity index (χ1) is 9.99. The number of carbonyl (C=O) groups is 1. The van der Waals surface area contributed by atoms with Crippen molar-refractivity contribution in [1.29, 1.82) is 0 Å². The molecular weight excluding hydrogens is 354 g/mol. The van der Waals surface area contributed by atoms with Crippen molar-refractivity contribution >= 4 is 44.9 Å². The third-order valence-corrected chi connectivity index (χ3v) is 4.06. The zero-order valence-corrected chi connectivity index (χ0v) is 13.8. The van der Waals surface area contributed by atoms with Crippen molar-refractivity contribution in [2.45, 2.75) is 19.8 Å². The van der Waals surface area contributed by atoms with Gasteiger partial charge in [0.15, 0.2) is 0 Å². The summed E-state index contributed by atoms with van der Waals surface area (Å²) in [5.41, 5.74) is 7.72. The SMILES string of the molecule is CCCc1cc(C(=O)Nc2ccc(Cl)c(Br)c2)cc(N)n1. The van der Waals surface area contributed by atoms with Gasteiger partial charge in [-0.3, -0.25) is 4.79 Å². The molecule has 1 amide bonds. The zero-order valence-electron chi connectivity index (χ0n) is 11.5. The molecule has 0 atom stereocenters. The number of aryl methyl sites for hydroxylation is 1. The van der Waals surface area contributed by atoms with Crippen LogP contribution in [0.3, 0.4) is 0 Å². The molecule has 0 spiro atoms. The predicted octanol–water partition coefficient (Wildman–Crippen LogP) is 4.28. The molecule has 0 aliphatic heterocycles. The summed E-state index contributed by atoms with van der Waals surface area (Å²) in [5, 5.41) is 3.40. The van der Waals surface area contributed by atoms with Crippen LogP contribution in [0.2, 0.25) is 5.02 Å². The highest BCUT2D eigenvalue weighted by atomic mass is 79.9. The van der Waals surface area contributed by atoms with E-state index in [0.29, 0.717) is 22.1 Å². The molecule has 0 bridgehead atoms. The Morgan fingerprint density at radius 3 is 2.81 bits per heavy atom. The van der Waals surface area contributed by atoms with Gasteiger partial charge in [-0.2, -0.15) is 0 Å². The summed E-state index contributed by atoms with van der Waals surface area (Å²) in [4.78, 5) is 16.5. The van der Waals surface area contributed by atoms with E-state index in [2.05, 4.69) is 33.2 Å². The molecule has 0 aliphatic carbocycles. The van der Waals surface area contributed by atoms with Crippen LogP contribution >= 0.6 is 27.5 Å². The van der Waals surface area contributed by atoms with E-state index in [0.717, 1.165) is 23.0 Å². The van der Waals surface area contributed by atoms with Gasteiger partial charge in [-0.25, -0.2) is 4.98 Å². The first-order valence-electron chi connectivity index (χ1n) is 6.52. The number of pyridine rings is 1. The molecule has 1 aromatic carbocycles. The van der Waals surface area contributed by atoms with Gasteiger partial charge >= 0.3 is 0 Å². The second-order valence-corrected chi connectivity index (χ2v) is 5.87. The maximum Gasteiger partial charge on any atom is 0.255 e. The van der Waals surface area contributed by atoms with E-state index in [1.807, 2.05) is 0 Å². The summed E-state index contributed by atoms with van der Waals surface area (Å²) in [5.74, 6) is 0.124. The number of rotatable bonds is 4. The molecule has 110 valence electrons. The van der Waals surface area contributed by atoms with Gasteiger partial charge in [-0.15, -0.1) is 0 Å². The Balaban J connectivity index is 2.21. The van der Waals surface area contributed by atoms with Crippen LogP contribution in [0, 0.1) is 0 Å². The van der Waals surface area contributed by atoms with Gasteiger partial charge in [0, 0.05) is 21.4 Å². The number of amides is 1. The average Bonchev–Trinajstić information content (AvgIpc) is 2.42. The van der Waals surface area contributed by atoms with E-state index in [4.69, 9.17) is 17.3 Å². The van der Waals surface area contributed by atoms with E-state index in [1.165, 1.54) is 0 Å². The first kappa shape index (κ1) is 15.8. The van der Waals surface area contributed by atoms with Gasteiger partial charge in [0.2, 0.25) is 0 Å². The lowest BCUT2D eigenvalue weighted by Crippen LogP contribution is -2.13. The van der Waals surface area contributed by atoms with Crippen LogP contribution in [0.4, 0.5) is 11.5 Å². The summed E-state index contributed by atoms with van der Waals surface area (Å²) in [7, 11) is 0. The first-order valence-corrected chi connectivity index (χ1v) is 7.69. The normalized spacial score (nSPS) is 10.4. The quantitative estimate of drug-likeness (QED) is 0.846. The highest BCUT2D eigenvalue weighted by Gasteiger charge is 2.10. The fourth-order valence-corrected chi connectivity index (χ4v) is 2.40. The van der Waals surface area contributed by atoms with Crippen LogP contribution in [0.5, 0.6) is 0 Å². The topological polar surface area (TPSA) is 68.0 Å². The number of hydrogen-bond acceptors (Lipinski definition) is 3. The fourth-order valence-electron chi connectivity index (χ4n) is 1.90. The molecular formula is C15H15BrClN3O. The van der Waals surface area contributed by atoms with E-state index in [-0.39, 0.29) is 5.91 Å². The van der Waals surface area contributed by atoms with Crippen molar-refractivity contribution in [2.24, 2.45) is 0 Å². The minimum Gasteiger partial charge on any atom is -0.384 e. The van der Waals surface area contributed by atoms with Crippen molar-refractivity contribution in [3.05, 3.63) is 51.1 Å². The van der Waals surface area contributed by atoms with Crippen LogP contribution < -0.4 is 11.1 Å². The maximum absolute atomic E-state index is 12.3. The maximum atomic E-state index is 12.3. The molecule has 0 aliphatic rings. The van der Waals surface area contributed by atoms with Crippen LogP contribution in [0.25, 0.3) is 0 Å². The van der Waals surface area contributed by atoms with Crippen LogP contribution in [0.15, 0.2) is 34.8 Å². The molecule has 4 nitrogen and oxygen atoms in total. The number of nitrogens with zero attached hydrogens (tertiary/aromatic N) is 1. The Labute approximate surface area is 136 Å². The van der Waals surface area contributed by atoms with E-state index in [9.17, 15) is 4.79 Å². The van der Waals surface area contributed by atoms with E-state index in [1.54, 1.807) is 30.3 Å². The lowest BCUT2D eigenvalue weighted by molar-refractivity contribution is 0.102. The van der Waals surface area contributed by atoms with Gasteiger partial charge in [0.1, 0.15) is 5.82 Å². The Bertz CT molecular complexity index is 676.